The third kappa shape index (κ3) is 6.44. The maximum absolute atomic E-state index is 14.2. The van der Waals surface area contributed by atoms with Crippen LogP contribution in [0.15, 0.2) is 59.4 Å². The molecule has 11 heteroatoms. The number of rotatable bonds is 8. The van der Waals surface area contributed by atoms with Crippen LogP contribution in [0.25, 0.3) is 0 Å². The second kappa shape index (κ2) is 10.3. The predicted octanol–water partition coefficient (Wildman–Crippen LogP) is 4.25. The molecule has 2 aromatic carbocycles. The van der Waals surface area contributed by atoms with Gasteiger partial charge < -0.3 is 19.8 Å². The number of benzene rings is 2. The number of nitrogens with zero attached hydrogens (tertiary/aromatic N) is 1. The maximum Gasteiger partial charge on any atom is 0.573 e. The van der Waals surface area contributed by atoms with Crippen molar-refractivity contribution in [3.05, 3.63) is 93.4 Å². The van der Waals surface area contributed by atoms with Gasteiger partial charge in [0.15, 0.2) is 11.6 Å². The van der Waals surface area contributed by atoms with Crippen LogP contribution in [-0.2, 0) is 10.2 Å². The Hall–Kier alpha value is -3.73. The standard InChI is InChI=1S/C24H23F4N3O4/c1-23(2,15-7-5-4-6-8-15)22-30-17(12-20(32)31-22)21(33)29-18(13-34-3)14-9-10-19(16(25)11-14)35-24(26,27)28/h4-12,18H,13H2,1-3H3,(H,29,33)(H,30,31,32)/t18-/m1/s1. The fourth-order valence-electron chi connectivity index (χ4n) is 3.42. The van der Waals surface area contributed by atoms with E-state index in [9.17, 15) is 27.2 Å². The van der Waals surface area contributed by atoms with Crippen molar-refractivity contribution in [2.75, 3.05) is 13.7 Å². The first-order valence-corrected chi connectivity index (χ1v) is 10.4. The summed E-state index contributed by atoms with van der Waals surface area (Å²) < 4.78 is 60.2. The van der Waals surface area contributed by atoms with E-state index in [-0.39, 0.29) is 23.7 Å². The van der Waals surface area contributed by atoms with Crippen molar-refractivity contribution in [2.45, 2.75) is 31.7 Å². The van der Waals surface area contributed by atoms with Crippen molar-refractivity contribution in [2.24, 2.45) is 0 Å². The lowest BCUT2D eigenvalue weighted by atomic mass is 9.84. The van der Waals surface area contributed by atoms with Crippen molar-refractivity contribution in [3.63, 3.8) is 0 Å². The number of hydrogen-bond acceptors (Lipinski definition) is 5. The fraction of sp³-hybridized carbons (Fsp3) is 0.292. The number of ether oxygens (including phenoxy) is 2. The lowest BCUT2D eigenvalue weighted by Crippen LogP contribution is -2.34. The SMILES string of the molecule is COC[C@@H](NC(=O)c1cc(=O)[nH]c(C(C)(C)c2ccccc2)n1)c1ccc(OC(F)(F)F)c(F)c1. The quantitative estimate of drug-likeness (QED) is 0.458. The molecule has 1 atom stereocenters. The summed E-state index contributed by atoms with van der Waals surface area (Å²) in [6, 6.07) is 12.1. The Bertz CT molecular complexity index is 1240. The van der Waals surface area contributed by atoms with Gasteiger partial charge in [0.05, 0.1) is 12.6 Å². The van der Waals surface area contributed by atoms with Gasteiger partial charge in [0.1, 0.15) is 11.5 Å². The van der Waals surface area contributed by atoms with Crippen LogP contribution < -0.4 is 15.6 Å². The minimum Gasteiger partial charge on any atom is -0.403 e. The van der Waals surface area contributed by atoms with E-state index < -0.39 is 40.9 Å². The Morgan fingerprint density at radius 2 is 1.80 bits per heavy atom. The summed E-state index contributed by atoms with van der Waals surface area (Å²) >= 11 is 0. The molecule has 0 radical (unpaired) electrons. The van der Waals surface area contributed by atoms with Gasteiger partial charge in [0.2, 0.25) is 0 Å². The smallest absolute Gasteiger partial charge is 0.403 e. The van der Waals surface area contributed by atoms with Gasteiger partial charge in [-0.25, -0.2) is 9.37 Å². The minimum atomic E-state index is -5.06. The second-order valence-electron chi connectivity index (χ2n) is 8.19. The Balaban J connectivity index is 1.88. The summed E-state index contributed by atoms with van der Waals surface area (Å²) in [5, 5.41) is 2.58. The number of alkyl halides is 3. The Morgan fingerprint density at radius 3 is 2.40 bits per heavy atom. The van der Waals surface area contributed by atoms with Crippen molar-refractivity contribution in [1.29, 1.82) is 0 Å². The molecule has 0 spiro atoms. The summed E-state index contributed by atoms with van der Waals surface area (Å²) in [6.07, 6.45) is -5.06. The van der Waals surface area contributed by atoms with E-state index in [4.69, 9.17) is 4.74 Å². The highest BCUT2D eigenvalue weighted by atomic mass is 19.4. The molecule has 186 valence electrons. The van der Waals surface area contributed by atoms with Gasteiger partial charge in [-0.15, -0.1) is 13.2 Å². The molecule has 3 aromatic rings. The summed E-state index contributed by atoms with van der Waals surface area (Å²) in [7, 11) is 1.34. The van der Waals surface area contributed by atoms with Crippen LogP contribution in [0.3, 0.4) is 0 Å². The number of amides is 1. The van der Waals surface area contributed by atoms with Crippen molar-refractivity contribution < 1.29 is 31.8 Å². The molecular formula is C24H23F4N3O4. The van der Waals surface area contributed by atoms with Crippen molar-refractivity contribution in [3.8, 4) is 5.75 Å². The molecule has 0 aliphatic carbocycles. The van der Waals surface area contributed by atoms with Crippen molar-refractivity contribution >= 4 is 5.91 Å². The highest BCUT2D eigenvalue weighted by Gasteiger charge is 2.33. The molecule has 7 nitrogen and oxygen atoms in total. The molecule has 0 fully saturated rings. The number of hydrogen-bond donors (Lipinski definition) is 2. The molecule has 1 aromatic heterocycles. The molecule has 0 unspecified atom stereocenters. The Labute approximate surface area is 198 Å². The van der Waals surface area contributed by atoms with Gasteiger partial charge in [0, 0.05) is 18.6 Å². The number of carbonyl (C=O) groups is 1. The molecule has 0 saturated heterocycles. The molecular weight excluding hydrogens is 470 g/mol. The Morgan fingerprint density at radius 1 is 1.11 bits per heavy atom. The van der Waals surface area contributed by atoms with E-state index in [0.29, 0.717) is 0 Å². The van der Waals surface area contributed by atoms with E-state index in [1.54, 1.807) is 0 Å². The molecule has 0 bridgehead atoms. The summed E-state index contributed by atoms with van der Waals surface area (Å²) in [4.78, 5) is 32.3. The van der Waals surface area contributed by atoms with Crippen LogP contribution in [0.1, 0.15) is 47.3 Å². The van der Waals surface area contributed by atoms with Gasteiger partial charge in [-0.3, -0.25) is 9.59 Å². The van der Waals surface area contributed by atoms with Gasteiger partial charge in [0.25, 0.3) is 11.5 Å². The van der Waals surface area contributed by atoms with Crippen LogP contribution in [0, 0.1) is 5.82 Å². The molecule has 2 N–H and O–H groups in total. The summed E-state index contributed by atoms with van der Waals surface area (Å²) in [5.41, 5.74) is -0.491. The lowest BCUT2D eigenvalue weighted by molar-refractivity contribution is -0.275. The molecule has 0 aliphatic rings. The largest absolute Gasteiger partial charge is 0.573 e. The van der Waals surface area contributed by atoms with E-state index >= 15 is 0 Å². The van der Waals surface area contributed by atoms with Crippen LogP contribution >= 0.6 is 0 Å². The van der Waals surface area contributed by atoms with E-state index in [1.165, 1.54) is 13.2 Å². The Kier molecular flexibility index (Phi) is 7.59. The van der Waals surface area contributed by atoms with E-state index in [1.807, 2.05) is 44.2 Å². The van der Waals surface area contributed by atoms with Crippen LogP contribution in [0.2, 0.25) is 0 Å². The maximum atomic E-state index is 14.2. The fourth-order valence-corrected chi connectivity index (χ4v) is 3.42. The topological polar surface area (TPSA) is 93.3 Å². The third-order valence-electron chi connectivity index (χ3n) is 5.28. The van der Waals surface area contributed by atoms with Crippen molar-refractivity contribution in [1.82, 2.24) is 15.3 Å². The average molecular weight is 493 g/mol. The predicted molar refractivity (Wildman–Crippen MR) is 119 cm³/mol. The summed E-state index contributed by atoms with van der Waals surface area (Å²) in [6.45, 7) is 3.54. The number of halogens is 4. The molecule has 1 heterocycles. The number of nitrogens with one attached hydrogen (secondary N) is 2. The van der Waals surface area contributed by atoms with Crippen LogP contribution in [-0.4, -0.2) is 36.0 Å². The first kappa shape index (κ1) is 25.9. The third-order valence-corrected chi connectivity index (χ3v) is 5.28. The van der Waals surface area contributed by atoms with E-state index in [0.717, 1.165) is 23.8 Å². The second-order valence-corrected chi connectivity index (χ2v) is 8.19. The molecule has 1 amide bonds. The van der Waals surface area contributed by atoms with Crippen LogP contribution in [0.5, 0.6) is 5.75 Å². The van der Waals surface area contributed by atoms with Gasteiger partial charge in [-0.2, -0.15) is 0 Å². The molecule has 0 saturated carbocycles. The number of H-pyrrole nitrogens is 1. The normalized spacial score (nSPS) is 12.8. The zero-order valence-electron chi connectivity index (χ0n) is 19.1. The van der Waals surface area contributed by atoms with Gasteiger partial charge >= 0.3 is 6.36 Å². The zero-order valence-corrected chi connectivity index (χ0v) is 19.1. The molecule has 35 heavy (non-hydrogen) atoms. The summed E-state index contributed by atoms with van der Waals surface area (Å²) in [5.74, 6) is -2.77. The monoisotopic (exact) mass is 493 g/mol. The first-order chi connectivity index (χ1) is 16.4. The zero-order chi connectivity index (χ0) is 25.8. The lowest BCUT2D eigenvalue weighted by Gasteiger charge is -2.24. The number of aromatic amines is 1. The highest BCUT2D eigenvalue weighted by Crippen LogP contribution is 2.29. The molecule has 0 aliphatic heterocycles. The van der Waals surface area contributed by atoms with E-state index in [2.05, 4.69) is 20.0 Å². The van der Waals surface area contributed by atoms with Gasteiger partial charge in [-0.05, 0) is 37.1 Å². The van der Waals surface area contributed by atoms with Gasteiger partial charge in [-0.1, -0.05) is 36.4 Å². The average Bonchev–Trinajstić information content (AvgIpc) is 2.79. The van der Waals surface area contributed by atoms with Crippen LogP contribution in [0.4, 0.5) is 17.6 Å². The number of methoxy groups -OCH3 is 1. The number of aromatic nitrogens is 2. The first-order valence-electron chi connectivity index (χ1n) is 10.4. The minimum absolute atomic E-state index is 0.127. The number of carbonyl (C=O) groups excluding carboxylic acids is 1. The highest BCUT2D eigenvalue weighted by molar-refractivity contribution is 5.92. The molecule has 3 rings (SSSR count).